The van der Waals surface area contributed by atoms with Crippen LogP contribution in [0.4, 0.5) is 0 Å². The van der Waals surface area contributed by atoms with Crippen LogP contribution in [0.1, 0.15) is 19.8 Å². The Hall–Kier alpha value is -0.900. The number of nitrogens with one attached hydrogen (secondary N) is 1. The van der Waals surface area contributed by atoms with E-state index >= 15 is 0 Å². The molecule has 0 bridgehead atoms. The molecule has 1 aliphatic heterocycles. The molecule has 1 atom stereocenters. The molecule has 4 heteroatoms. The molecule has 0 aliphatic carbocycles. The van der Waals surface area contributed by atoms with Gasteiger partial charge in [0.25, 0.3) is 0 Å². The lowest BCUT2D eigenvalue weighted by Crippen LogP contribution is -2.39. The predicted octanol–water partition coefficient (Wildman–Crippen LogP) is 0.0334. The molecule has 0 saturated carbocycles. The summed E-state index contributed by atoms with van der Waals surface area (Å²) in [5.41, 5.74) is -0.266. The van der Waals surface area contributed by atoms with Crippen LogP contribution in [0, 0.1) is 5.41 Å². The van der Waals surface area contributed by atoms with E-state index in [0.29, 0.717) is 6.42 Å². The van der Waals surface area contributed by atoms with Crippen LogP contribution in [0.25, 0.3) is 0 Å². The van der Waals surface area contributed by atoms with Gasteiger partial charge in [0.05, 0.1) is 5.41 Å². The van der Waals surface area contributed by atoms with Crippen LogP contribution in [0.3, 0.4) is 0 Å². The van der Waals surface area contributed by atoms with Gasteiger partial charge in [0, 0.05) is 26.6 Å². The second-order valence-corrected chi connectivity index (χ2v) is 4.12. The largest absolute Gasteiger partial charge is 0.359 e. The summed E-state index contributed by atoms with van der Waals surface area (Å²) < 4.78 is 0. The van der Waals surface area contributed by atoms with Crippen molar-refractivity contribution in [3.05, 3.63) is 0 Å². The van der Waals surface area contributed by atoms with Crippen molar-refractivity contribution in [3.8, 4) is 0 Å². The van der Waals surface area contributed by atoms with Crippen molar-refractivity contribution in [1.29, 1.82) is 0 Å². The third-order valence-corrected chi connectivity index (χ3v) is 2.89. The van der Waals surface area contributed by atoms with Crippen molar-refractivity contribution in [2.45, 2.75) is 19.8 Å². The number of carbonyl (C=O) groups is 2. The number of carbonyl (C=O) groups excluding carboxylic acids is 2. The summed E-state index contributed by atoms with van der Waals surface area (Å²) in [5.74, 6) is 0.103. The molecule has 0 aromatic carbocycles. The number of aldehydes is 1. The Balaban J connectivity index is 2.46. The minimum atomic E-state index is -0.266. The molecule has 80 valence electrons. The van der Waals surface area contributed by atoms with Crippen LogP contribution in [-0.4, -0.2) is 43.8 Å². The van der Waals surface area contributed by atoms with Gasteiger partial charge in [-0.25, -0.2) is 0 Å². The summed E-state index contributed by atoms with van der Waals surface area (Å²) in [6.45, 7) is 4.43. The van der Waals surface area contributed by atoms with Gasteiger partial charge in [0.1, 0.15) is 6.29 Å². The molecule has 0 aromatic rings. The number of rotatable bonds is 4. The van der Waals surface area contributed by atoms with E-state index in [2.05, 4.69) is 10.2 Å². The third kappa shape index (κ3) is 2.32. The maximum Gasteiger partial charge on any atom is 0.227 e. The average Bonchev–Trinajstić information content (AvgIpc) is 2.57. The van der Waals surface area contributed by atoms with Crippen molar-refractivity contribution >= 4 is 12.2 Å². The highest BCUT2D eigenvalue weighted by Crippen LogP contribution is 2.29. The average molecular weight is 198 g/mol. The number of hydrogen-bond acceptors (Lipinski definition) is 3. The van der Waals surface area contributed by atoms with Gasteiger partial charge in [-0.05, 0) is 19.9 Å². The van der Waals surface area contributed by atoms with Crippen LogP contribution < -0.4 is 5.32 Å². The Morgan fingerprint density at radius 3 is 2.93 bits per heavy atom. The van der Waals surface area contributed by atoms with Crippen molar-refractivity contribution in [3.63, 3.8) is 0 Å². The van der Waals surface area contributed by atoms with E-state index in [-0.39, 0.29) is 11.3 Å². The summed E-state index contributed by atoms with van der Waals surface area (Å²) in [6.07, 6.45) is 2.37. The summed E-state index contributed by atoms with van der Waals surface area (Å²) in [7, 11) is 1.67. The highest BCUT2D eigenvalue weighted by molar-refractivity contribution is 5.82. The Bertz CT molecular complexity index is 230. The van der Waals surface area contributed by atoms with E-state index < -0.39 is 0 Å². The minimum Gasteiger partial charge on any atom is -0.359 e. The third-order valence-electron chi connectivity index (χ3n) is 2.89. The second-order valence-electron chi connectivity index (χ2n) is 4.12. The lowest BCUT2D eigenvalue weighted by atomic mass is 9.89. The Morgan fingerprint density at radius 2 is 2.36 bits per heavy atom. The number of hydrogen-bond donors (Lipinski definition) is 1. The van der Waals surface area contributed by atoms with E-state index in [0.717, 1.165) is 32.3 Å². The smallest absolute Gasteiger partial charge is 0.227 e. The quantitative estimate of drug-likeness (QED) is 0.649. The van der Waals surface area contributed by atoms with Gasteiger partial charge in [-0.2, -0.15) is 0 Å². The van der Waals surface area contributed by atoms with Crippen LogP contribution >= 0.6 is 0 Å². The van der Waals surface area contributed by atoms with Crippen molar-refractivity contribution in [1.82, 2.24) is 10.2 Å². The highest BCUT2D eigenvalue weighted by atomic mass is 16.2. The lowest BCUT2D eigenvalue weighted by molar-refractivity contribution is -0.129. The van der Waals surface area contributed by atoms with Crippen molar-refractivity contribution in [2.24, 2.45) is 5.41 Å². The van der Waals surface area contributed by atoms with E-state index in [1.54, 1.807) is 7.05 Å². The monoisotopic (exact) mass is 198 g/mol. The van der Waals surface area contributed by atoms with E-state index in [4.69, 9.17) is 0 Å². The van der Waals surface area contributed by atoms with E-state index in [1.807, 2.05) is 6.92 Å². The molecule has 1 amide bonds. The molecule has 4 nitrogen and oxygen atoms in total. The standard InChI is InChI=1S/C10H18N2O2/c1-10(9(14)11-2)4-6-12(8-10)5-3-7-13/h7H,3-6,8H2,1-2H3,(H,11,14). The van der Waals surface area contributed by atoms with Gasteiger partial charge in [0.2, 0.25) is 5.91 Å². The Kier molecular flexibility index (Phi) is 3.63. The number of nitrogens with zero attached hydrogens (tertiary/aromatic N) is 1. The first-order valence-corrected chi connectivity index (χ1v) is 5.00. The zero-order valence-electron chi connectivity index (χ0n) is 8.88. The molecule has 0 aromatic heterocycles. The fraction of sp³-hybridized carbons (Fsp3) is 0.800. The fourth-order valence-electron chi connectivity index (χ4n) is 1.97. The highest BCUT2D eigenvalue weighted by Gasteiger charge is 2.39. The van der Waals surface area contributed by atoms with Gasteiger partial charge < -0.3 is 15.0 Å². The first-order chi connectivity index (χ1) is 6.62. The molecule has 1 N–H and O–H groups in total. The molecular weight excluding hydrogens is 180 g/mol. The van der Waals surface area contributed by atoms with Crippen LogP contribution in [0.5, 0.6) is 0 Å². The zero-order chi connectivity index (χ0) is 10.6. The summed E-state index contributed by atoms with van der Waals surface area (Å²) in [4.78, 5) is 23.9. The Labute approximate surface area is 84.7 Å². The van der Waals surface area contributed by atoms with Crippen LogP contribution in [0.15, 0.2) is 0 Å². The fourth-order valence-corrected chi connectivity index (χ4v) is 1.97. The first-order valence-electron chi connectivity index (χ1n) is 5.00. The Morgan fingerprint density at radius 1 is 1.64 bits per heavy atom. The molecule has 1 aliphatic rings. The van der Waals surface area contributed by atoms with Crippen molar-refractivity contribution < 1.29 is 9.59 Å². The number of amides is 1. The SMILES string of the molecule is CNC(=O)C1(C)CCN(CCC=O)C1. The molecular formula is C10H18N2O2. The van der Waals surface area contributed by atoms with Gasteiger partial charge >= 0.3 is 0 Å². The lowest BCUT2D eigenvalue weighted by Gasteiger charge is -2.22. The second kappa shape index (κ2) is 4.55. The minimum absolute atomic E-state index is 0.103. The predicted molar refractivity (Wildman–Crippen MR) is 53.9 cm³/mol. The molecule has 14 heavy (non-hydrogen) atoms. The molecule has 1 unspecified atom stereocenters. The summed E-state index contributed by atoms with van der Waals surface area (Å²) in [6, 6.07) is 0. The molecule has 1 saturated heterocycles. The first kappa shape index (κ1) is 11.2. The van der Waals surface area contributed by atoms with E-state index in [9.17, 15) is 9.59 Å². The molecule has 1 rings (SSSR count). The summed E-state index contributed by atoms with van der Waals surface area (Å²) in [5, 5.41) is 2.69. The molecule has 0 spiro atoms. The van der Waals surface area contributed by atoms with Gasteiger partial charge in [0.15, 0.2) is 0 Å². The normalized spacial score (nSPS) is 27.6. The van der Waals surface area contributed by atoms with Crippen molar-refractivity contribution in [2.75, 3.05) is 26.7 Å². The van der Waals surface area contributed by atoms with Gasteiger partial charge in [-0.1, -0.05) is 0 Å². The maximum atomic E-state index is 11.5. The van der Waals surface area contributed by atoms with Crippen LogP contribution in [-0.2, 0) is 9.59 Å². The topological polar surface area (TPSA) is 49.4 Å². The molecule has 0 radical (unpaired) electrons. The molecule has 1 heterocycles. The maximum absolute atomic E-state index is 11.5. The summed E-state index contributed by atoms with van der Waals surface area (Å²) >= 11 is 0. The van der Waals surface area contributed by atoms with Gasteiger partial charge in [-0.3, -0.25) is 4.79 Å². The zero-order valence-corrected chi connectivity index (χ0v) is 8.88. The molecule has 1 fully saturated rings. The van der Waals surface area contributed by atoms with E-state index in [1.165, 1.54) is 0 Å². The number of likely N-dealkylation sites (tertiary alicyclic amines) is 1. The van der Waals surface area contributed by atoms with Gasteiger partial charge in [-0.15, -0.1) is 0 Å². The van der Waals surface area contributed by atoms with Crippen LogP contribution in [0.2, 0.25) is 0 Å².